The van der Waals surface area contributed by atoms with E-state index >= 15 is 0 Å². The van der Waals surface area contributed by atoms with Crippen LogP contribution in [-0.4, -0.2) is 29.7 Å². The summed E-state index contributed by atoms with van der Waals surface area (Å²) in [6.07, 6.45) is 1.96. The second kappa shape index (κ2) is 5.35. The van der Waals surface area contributed by atoms with E-state index in [1.807, 2.05) is 13.0 Å². The predicted octanol–water partition coefficient (Wildman–Crippen LogP) is 2.11. The molecule has 0 aliphatic carbocycles. The zero-order valence-corrected chi connectivity index (χ0v) is 10.5. The van der Waals surface area contributed by atoms with Crippen molar-refractivity contribution in [2.45, 2.75) is 19.8 Å². The number of aliphatic hydroxyl groups excluding tert-OH is 1. The zero-order chi connectivity index (χ0) is 13.1. The summed E-state index contributed by atoms with van der Waals surface area (Å²) < 4.78 is 0. The van der Waals surface area contributed by atoms with Crippen molar-refractivity contribution >= 4 is 11.4 Å². The minimum absolute atomic E-state index is 0.140. The van der Waals surface area contributed by atoms with Gasteiger partial charge in [0.2, 0.25) is 0 Å². The quantitative estimate of drug-likeness (QED) is 0.659. The summed E-state index contributed by atoms with van der Waals surface area (Å²) in [6.45, 7) is 3.97. The second-order valence-electron chi connectivity index (χ2n) is 4.84. The van der Waals surface area contributed by atoms with Gasteiger partial charge >= 0.3 is 0 Å². The maximum atomic E-state index is 10.7. The molecule has 1 aromatic carbocycles. The third kappa shape index (κ3) is 2.61. The number of nitro groups is 1. The third-order valence-electron chi connectivity index (χ3n) is 3.60. The van der Waals surface area contributed by atoms with Crippen LogP contribution in [-0.2, 0) is 0 Å². The number of piperidine rings is 1. The molecule has 1 aliphatic heterocycles. The van der Waals surface area contributed by atoms with Gasteiger partial charge in [0.05, 0.1) is 4.92 Å². The Morgan fingerprint density at radius 3 is 2.61 bits per heavy atom. The number of rotatable bonds is 3. The summed E-state index contributed by atoms with van der Waals surface area (Å²) in [4.78, 5) is 12.6. The van der Waals surface area contributed by atoms with Crippen molar-refractivity contribution in [3.63, 3.8) is 0 Å². The third-order valence-corrected chi connectivity index (χ3v) is 3.60. The first-order valence-electron chi connectivity index (χ1n) is 6.22. The van der Waals surface area contributed by atoms with Crippen molar-refractivity contribution in [2.75, 3.05) is 24.6 Å². The highest BCUT2D eigenvalue weighted by Crippen LogP contribution is 2.28. The summed E-state index contributed by atoms with van der Waals surface area (Å²) >= 11 is 0. The van der Waals surface area contributed by atoms with E-state index in [-0.39, 0.29) is 17.2 Å². The molecule has 2 rings (SSSR count). The Kier molecular flexibility index (Phi) is 3.81. The van der Waals surface area contributed by atoms with Gasteiger partial charge in [0.25, 0.3) is 5.69 Å². The van der Waals surface area contributed by atoms with Gasteiger partial charge in [-0.15, -0.1) is 0 Å². The second-order valence-corrected chi connectivity index (χ2v) is 4.84. The fourth-order valence-corrected chi connectivity index (χ4v) is 2.46. The lowest BCUT2D eigenvalue weighted by Crippen LogP contribution is -2.35. The SMILES string of the molecule is Cc1cc([N+](=O)[O-])ccc1N1CCC(CO)CC1. The number of aliphatic hydroxyl groups is 1. The number of hydrogen-bond donors (Lipinski definition) is 1. The van der Waals surface area contributed by atoms with Crippen molar-refractivity contribution in [3.05, 3.63) is 33.9 Å². The normalized spacial score (nSPS) is 16.9. The fraction of sp³-hybridized carbons (Fsp3) is 0.538. The molecule has 1 heterocycles. The van der Waals surface area contributed by atoms with Crippen LogP contribution in [0.4, 0.5) is 11.4 Å². The van der Waals surface area contributed by atoms with E-state index in [1.54, 1.807) is 12.1 Å². The van der Waals surface area contributed by atoms with Gasteiger partial charge in [0.1, 0.15) is 0 Å². The predicted molar refractivity (Wildman–Crippen MR) is 69.9 cm³/mol. The van der Waals surface area contributed by atoms with E-state index in [1.165, 1.54) is 0 Å². The molecule has 18 heavy (non-hydrogen) atoms. The van der Waals surface area contributed by atoms with Gasteiger partial charge in [0, 0.05) is 37.5 Å². The van der Waals surface area contributed by atoms with Crippen LogP contribution in [0, 0.1) is 23.0 Å². The topological polar surface area (TPSA) is 66.6 Å². The van der Waals surface area contributed by atoms with E-state index in [0.29, 0.717) is 5.92 Å². The van der Waals surface area contributed by atoms with Crippen molar-refractivity contribution < 1.29 is 10.0 Å². The molecule has 0 bridgehead atoms. The molecular formula is C13H18N2O3. The molecule has 98 valence electrons. The van der Waals surface area contributed by atoms with Gasteiger partial charge in [-0.3, -0.25) is 10.1 Å². The lowest BCUT2D eigenvalue weighted by atomic mass is 9.97. The highest BCUT2D eigenvalue weighted by Gasteiger charge is 2.20. The largest absolute Gasteiger partial charge is 0.396 e. The fourth-order valence-electron chi connectivity index (χ4n) is 2.46. The Morgan fingerprint density at radius 1 is 1.44 bits per heavy atom. The summed E-state index contributed by atoms with van der Waals surface area (Å²) in [5.41, 5.74) is 2.14. The van der Waals surface area contributed by atoms with Crippen molar-refractivity contribution in [3.8, 4) is 0 Å². The van der Waals surface area contributed by atoms with Crippen molar-refractivity contribution in [2.24, 2.45) is 5.92 Å². The molecule has 0 aromatic heterocycles. The number of non-ortho nitro benzene ring substituents is 1. The van der Waals surface area contributed by atoms with Crippen molar-refractivity contribution in [1.29, 1.82) is 0 Å². The van der Waals surface area contributed by atoms with Crippen LogP contribution in [0.25, 0.3) is 0 Å². The molecule has 1 N–H and O–H groups in total. The van der Waals surface area contributed by atoms with Crippen LogP contribution >= 0.6 is 0 Å². The number of aryl methyl sites for hydroxylation is 1. The highest BCUT2D eigenvalue weighted by molar-refractivity contribution is 5.57. The van der Waals surface area contributed by atoms with Crippen LogP contribution in [0.3, 0.4) is 0 Å². The highest BCUT2D eigenvalue weighted by atomic mass is 16.6. The van der Waals surface area contributed by atoms with Crippen LogP contribution in [0.5, 0.6) is 0 Å². The smallest absolute Gasteiger partial charge is 0.269 e. The molecule has 0 radical (unpaired) electrons. The maximum absolute atomic E-state index is 10.7. The molecule has 5 heteroatoms. The van der Waals surface area contributed by atoms with Crippen LogP contribution < -0.4 is 4.90 Å². The average Bonchev–Trinajstić information content (AvgIpc) is 2.38. The number of benzene rings is 1. The summed E-state index contributed by atoms with van der Waals surface area (Å²) in [5, 5.41) is 19.8. The molecule has 1 fully saturated rings. The molecular weight excluding hydrogens is 232 g/mol. The van der Waals surface area contributed by atoms with E-state index in [2.05, 4.69) is 4.90 Å². The summed E-state index contributed by atoms with van der Waals surface area (Å²) in [5.74, 6) is 0.402. The van der Waals surface area contributed by atoms with Gasteiger partial charge < -0.3 is 10.0 Å². The molecule has 1 aromatic rings. The van der Waals surface area contributed by atoms with Gasteiger partial charge in [-0.25, -0.2) is 0 Å². The lowest BCUT2D eigenvalue weighted by molar-refractivity contribution is -0.384. The summed E-state index contributed by atoms with van der Waals surface area (Å²) in [7, 11) is 0. The minimum atomic E-state index is -0.366. The minimum Gasteiger partial charge on any atom is -0.396 e. The Morgan fingerprint density at radius 2 is 2.11 bits per heavy atom. The Bertz CT molecular complexity index is 440. The zero-order valence-electron chi connectivity index (χ0n) is 10.5. The van der Waals surface area contributed by atoms with E-state index < -0.39 is 0 Å². The molecule has 1 aliphatic rings. The monoisotopic (exact) mass is 250 g/mol. The lowest BCUT2D eigenvalue weighted by Gasteiger charge is -2.33. The molecule has 0 amide bonds. The van der Waals surface area contributed by atoms with Gasteiger partial charge in [-0.1, -0.05) is 0 Å². The Hall–Kier alpha value is -1.62. The molecule has 5 nitrogen and oxygen atoms in total. The van der Waals surface area contributed by atoms with Gasteiger partial charge in [-0.2, -0.15) is 0 Å². The first kappa shape index (κ1) is 12.8. The van der Waals surface area contributed by atoms with Crippen LogP contribution in [0.2, 0.25) is 0 Å². The van der Waals surface area contributed by atoms with Gasteiger partial charge in [-0.05, 0) is 37.3 Å². The number of nitro benzene ring substituents is 1. The number of hydrogen-bond acceptors (Lipinski definition) is 4. The number of anilines is 1. The average molecular weight is 250 g/mol. The maximum Gasteiger partial charge on any atom is 0.269 e. The van der Waals surface area contributed by atoms with Gasteiger partial charge in [0.15, 0.2) is 0 Å². The first-order chi connectivity index (χ1) is 8.61. The van der Waals surface area contributed by atoms with E-state index in [9.17, 15) is 10.1 Å². The Balaban J connectivity index is 2.12. The van der Waals surface area contributed by atoms with E-state index in [4.69, 9.17) is 5.11 Å². The molecule has 0 unspecified atom stereocenters. The Labute approximate surface area is 106 Å². The molecule has 1 saturated heterocycles. The standard InChI is InChI=1S/C13H18N2O3/c1-10-8-12(15(17)18)2-3-13(10)14-6-4-11(9-16)5-7-14/h2-3,8,11,16H,4-7,9H2,1H3. The van der Waals surface area contributed by atoms with Crippen LogP contribution in [0.15, 0.2) is 18.2 Å². The summed E-state index contributed by atoms with van der Waals surface area (Å²) in [6, 6.07) is 5.00. The molecule has 0 spiro atoms. The first-order valence-corrected chi connectivity index (χ1v) is 6.22. The van der Waals surface area contributed by atoms with Crippen LogP contribution in [0.1, 0.15) is 18.4 Å². The van der Waals surface area contributed by atoms with E-state index in [0.717, 1.165) is 37.2 Å². The molecule has 0 saturated carbocycles. The van der Waals surface area contributed by atoms with Crippen molar-refractivity contribution in [1.82, 2.24) is 0 Å². The number of nitrogens with zero attached hydrogens (tertiary/aromatic N) is 2. The molecule has 0 atom stereocenters.